The summed E-state index contributed by atoms with van der Waals surface area (Å²) in [6.45, 7) is 5.71. The lowest BCUT2D eigenvalue weighted by Gasteiger charge is -2.34. The van der Waals surface area contributed by atoms with Crippen molar-refractivity contribution in [1.29, 1.82) is 0 Å². The van der Waals surface area contributed by atoms with Crippen molar-refractivity contribution in [2.45, 2.75) is 32.7 Å². The fraction of sp³-hybridized carbons (Fsp3) is 0.500. The molecule has 1 aliphatic rings. The molecular formula is C16H23NO. The maximum Gasteiger partial charge on any atom is 0.118 e. The zero-order chi connectivity index (χ0) is 13.1. The van der Waals surface area contributed by atoms with E-state index in [9.17, 15) is 0 Å². The Balaban J connectivity index is 2.14. The maximum absolute atomic E-state index is 5.20. The largest absolute Gasteiger partial charge is 0.497 e. The molecule has 2 nitrogen and oxygen atoms in total. The SMILES string of the molecule is COc1ccc(C[C@H]2C(C)=C(C)CCN2C)cc1. The molecule has 0 saturated carbocycles. The van der Waals surface area contributed by atoms with Gasteiger partial charge in [0.15, 0.2) is 0 Å². The quantitative estimate of drug-likeness (QED) is 0.758. The summed E-state index contributed by atoms with van der Waals surface area (Å²) in [5.41, 5.74) is 4.48. The Labute approximate surface area is 110 Å². The Morgan fingerprint density at radius 3 is 2.50 bits per heavy atom. The fourth-order valence-electron chi connectivity index (χ4n) is 2.61. The average molecular weight is 245 g/mol. The van der Waals surface area contributed by atoms with Gasteiger partial charge >= 0.3 is 0 Å². The second kappa shape index (κ2) is 5.57. The molecule has 0 bridgehead atoms. The van der Waals surface area contributed by atoms with Gasteiger partial charge < -0.3 is 4.74 Å². The van der Waals surface area contributed by atoms with Crippen molar-refractivity contribution < 1.29 is 4.74 Å². The summed E-state index contributed by atoms with van der Waals surface area (Å²) in [5.74, 6) is 0.930. The lowest BCUT2D eigenvalue weighted by atomic mass is 9.91. The molecule has 18 heavy (non-hydrogen) atoms. The third-order valence-corrected chi connectivity index (χ3v) is 4.13. The molecule has 98 valence electrons. The molecular weight excluding hydrogens is 222 g/mol. The zero-order valence-electron chi connectivity index (χ0n) is 11.9. The van der Waals surface area contributed by atoms with Gasteiger partial charge in [-0.1, -0.05) is 23.3 Å². The third kappa shape index (κ3) is 2.75. The van der Waals surface area contributed by atoms with Crippen LogP contribution < -0.4 is 4.74 Å². The minimum Gasteiger partial charge on any atom is -0.497 e. The van der Waals surface area contributed by atoms with E-state index >= 15 is 0 Å². The number of ether oxygens (including phenoxy) is 1. The Morgan fingerprint density at radius 1 is 1.22 bits per heavy atom. The minimum absolute atomic E-state index is 0.548. The van der Waals surface area contributed by atoms with E-state index in [1.165, 1.54) is 18.5 Å². The van der Waals surface area contributed by atoms with E-state index in [1.807, 2.05) is 12.1 Å². The first-order chi connectivity index (χ1) is 8.61. The van der Waals surface area contributed by atoms with E-state index in [2.05, 4.69) is 37.9 Å². The smallest absolute Gasteiger partial charge is 0.118 e. The van der Waals surface area contributed by atoms with Crippen LogP contribution in [0.1, 0.15) is 25.8 Å². The van der Waals surface area contributed by atoms with Gasteiger partial charge in [-0.15, -0.1) is 0 Å². The van der Waals surface area contributed by atoms with Gasteiger partial charge in [0.1, 0.15) is 5.75 Å². The van der Waals surface area contributed by atoms with Crippen molar-refractivity contribution in [1.82, 2.24) is 4.90 Å². The van der Waals surface area contributed by atoms with Crippen LogP contribution in [0.2, 0.25) is 0 Å². The minimum atomic E-state index is 0.548. The molecule has 0 aromatic heterocycles. The van der Waals surface area contributed by atoms with Gasteiger partial charge in [0, 0.05) is 12.6 Å². The van der Waals surface area contributed by atoms with Gasteiger partial charge in [0.05, 0.1) is 7.11 Å². The summed E-state index contributed by atoms with van der Waals surface area (Å²) < 4.78 is 5.20. The normalized spacial score (nSPS) is 21.2. The van der Waals surface area contributed by atoms with E-state index in [-0.39, 0.29) is 0 Å². The summed E-state index contributed by atoms with van der Waals surface area (Å²) in [5, 5.41) is 0. The van der Waals surface area contributed by atoms with Gasteiger partial charge in [-0.2, -0.15) is 0 Å². The molecule has 0 radical (unpaired) electrons. The highest BCUT2D eigenvalue weighted by Crippen LogP contribution is 2.25. The molecule has 1 atom stereocenters. The molecule has 1 aromatic carbocycles. The van der Waals surface area contributed by atoms with E-state index in [1.54, 1.807) is 18.3 Å². The van der Waals surface area contributed by atoms with Gasteiger partial charge in [-0.05, 0) is 51.4 Å². The van der Waals surface area contributed by atoms with E-state index in [0.717, 1.165) is 12.2 Å². The molecule has 0 saturated heterocycles. The lowest BCUT2D eigenvalue weighted by molar-refractivity contribution is 0.255. The number of hydrogen-bond acceptors (Lipinski definition) is 2. The van der Waals surface area contributed by atoms with Crippen molar-refractivity contribution in [3.8, 4) is 5.75 Å². The lowest BCUT2D eigenvalue weighted by Crippen LogP contribution is -2.38. The predicted octanol–water partition coefficient (Wildman–Crippen LogP) is 3.28. The second-order valence-electron chi connectivity index (χ2n) is 5.26. The van der Waals surface area contributed by atoms with Crippen molar-refractivity contribution in [2.75, 3.05) is 20.7 Å². The molecule has 0 spiro atoms. The van der Waals surface area contributed by atoms with Gasteiger partial charge in [-0.25, -0.2) is 0 Å². The molecule has 2 heteroatoms. The summed E-state index contributed by atoms with van der Waals surface area (Å²) in [6, 6.07) is 8.98. The van der Waals surface area contributed by atoms with E-state index in [4.69, 9.17) is 4.74 Å². The van der Waals surface area contributed by atoms with Crippen molar-refractivity contribution in [2.24, 2.45) is 0 Å². The molecule has 1 heterocycles. The first-order valence-electron chi connectivity index (χ1n) is 6.61. The Kier molecular flexibility index (Phi) is 4.07. The Morgan fingerprint density at radius 2 is 1.89 bits per heavy atom. The molecule has 0 amide bonds. The predicted molar refractivity (Wildman–Crippen MR) is 76.1 cm³/mol. The Bertz CT molecular complexity index is 433. The number of likely N-dealkylation sites (N-methyl/N-ethyl adjacent to an activating group) is 1. The van der Waals surface area contributed by atoms with Gasteiger partial charge in [-0.3, -0.25) is 4.90 Å². The molecule has 0 N–H and O–H groups in total. The van der Waals surface area contributed by atoms with Crippen LogP contribution >= 0.6 is 0 Å². The second-order valence-corrected chi connectivity index (χ2v) is 5.26. The van der Waals surface area contributed by atoms with Crippen molar-refractivity contribution in [3.05, 3.63) is 41.0 Å². The number of nitrogens with zero attached hydrogens (tertiary/aromatic N) is 1. The summed E-state index contributed by atoms with van der Waals surface area (Å²) in [7, 11) is 3.93. The Hall–Kier alpha value is -1.28. The fourth-order valence-corrected chi connectivity index (χ4v) is 2.61. The molecule has 1 aliphatic heterocycles. The van der Waals surface area contributed by atoms with Crippen molar-refractivity contribution >= 4 is 0 Å². The number of methoxy groups -OCH3 is 1. The van der Waals surface area contributed by atoms with Crippen LogP contribution in [0.4, 0.5) is 0 Å². The van der Waals surface area contributed by atoms with Crippen LogP contribution in [-0.4, -0.2) is 31.6 Å². The molecule has 0 unspecified atom stereocenters. The van der Waals surface area contributed by atoms with E-state index < -0.39 is 0 Å². The molecule has 2 rings (SSSR count). The topological polar surface area (TPSA) is 12.5 Å². The third-order valence-electron chi connectivity index (χ3n) is 4.13. The van der Waals surface area contributed by atoms with Gasteiger partial charge in [0.25, 0.3) is 0 Å². The highest BCUT2D eigenvalue weighted by atomic mass is 16.5. The van der Waals surface area contributed by atoms with Crippen LogP contribution in [0, 0.1) is 0 Å². The molecule has 1 aromatic rings. The van der Waals surface area contributed by atoms with Crippen LogP contribution in [0.15, 0.2) is 35.4 Å². The van der Waals surface area contributed by atoms with Crippen LogP contribution in [0.25, 0.3) is 0 Å². The summed E-state index contributed by atoms with van der Waals surface area (Å²) in [4.78, 5) is 2.46. The maximum atomic E-state index is 5.20. The van der Waals surface area contributed by atoms with Crippen LogP contribution in [-0.2, 0) is 6.42 Å². The first-order valence-corrected chi connectivity index (χ1v) is 6.61. The summed E-state index contributed by atoms with van der Waals surface area (Å²) >= 11 is 0. The van der Waals surface area contributed by atoms with Crippen LogP contribution in [0.3, 0.4) is 0 Å². The first kappa shape index (κ1) is 13.2. The molecule has 0 aliphatic carbocycles. The van der Waals surface area contributed by atoms with Gasteiger partial charge in [0.2, 0.25) is 0 Å². The average Bonchev–Trinajstić information content (AvgIpc) is 2.40. The summed E-state index contributed by atoms with van der Waals surface area (Å²) in [6.07, 6.45) is 2.30. The van der Waals surface area contributed by atoms with E-state index in [0.29, 0.717) is 6.04 Å². The monoisotopic (exact) mass is 245 g/mol. The number of hydrogen-bond donors (Lipinski definition) is 0. The van der Waals surface area contributed by atoms with Crippen molar-refractivity contribution in [3.63, 3.8) is 0 Å². The molecule has 0 fully saturated rings. The highest BCUT2D eigenvalue weighted by molar-refractivity contribution is 5.30. The van der Waals surface area contributed by atoms with Crippen LogP contribution in [0.5, 0.6) is 5.75 Å². The highest BCUT2D eigenvalue weighted by Gasteiger charge is 2.22. The zero-order valence-corrected chi connectivity index (χ0v) is 11.9. The number of rotatable bonds is 3. The standard InChI is InChI=1S/C16H23NO/c1-12-9-10-17(3)16(13(12)2)11-14-5-7-15(18-4)8-6-14/h5-8,16H,9-11H2,1-4H3/t16-/m0/s1. The number of benzene rings is 1.